The van der Waals surface area contributed by atoms with E-state index in [2.05, 4.69) is 25.5 Å². The van der Waals surface area contributed by atoms with E-state index in [0.717, 1.165) is 37.3 Å². The van der Waals surface area contributed by atoms with E-state index < -0.39 is 0 Å². The maximum absolute atomic E-state index is 12.3. The number of carbonyl (C=O) groups is 1. The average molecular weight is 330 g/mol. The number of aromatic amines is 1. The Hall–Kier alpha value is -2.64. The minimum atomic E-state index is -0.217. The summed E-state index contributed by atoms with van der Waals surface area (Å²) in [7, 11) is 1.82. The van der Waals surface area contributed by atoms with E-state index in [0.29, 0.717) is 12.2 Å². The van der Waals surface area contributed by atoms with Crippen LogP contribution in [0.3, 0.4) is 0 Å². The molecule has 8 nitrogen and oxygen atoms in total. The van der Waals surface area contributed by atoms with E-state index in [4.69, 9.17) is 0 Å². The highest BCUT2D eigenvalue weighted by Gasteiger charge is 2.24. The van der Waals surface area contributed by atoms with Crippen LogP contribution in [0.2, 0.25) is 0 Å². The number of H-pyrrole nitrogens is 1. The fourth-order valence-corrected chi connectivity index (χ4v) is 2.98. The molecule has 2 aromatic heterocycles. The lowest BCUT2D eigenvalue weighted by Gasteiger charge is -2.36. The topological polar surface area (TPSA) is 95.9 Å². The Bertz CT molecular complexity index is 741. The molecule has 2 N–H and O–H groups in total. The molecule has 8 heteroatoms. The Labute approximate surface area is 139 Å². The highest BCUT2D eigenvalue weighted by molar-refractivity contribution is 5.92. The van der Waals surface area contributed by atoms with Gasteiger partial charge in [0, 0.05) is 37.9 Å². The molecule has 1 fully saturated rings. The molecule has 1 unspecified atom stereocenters. The molecule has 1 atom stereocenters. The number of aromatic nitrogens is 4. The molecule has 1 aliphatic rings. The number of nitrogens with one attached hydrogen (secondary N) is 2. The van der Waals surface area contributed by atoms with Gasteiger partial charge in [-0.3, -0.25) is 14.3 Å². The second-order valence-corrected chi connectivity index (χ2v) is 6.13. The second-order valence-electron chi connectivity index (χ2n) is 6.13. The molecule has 3 heterocycles. The summed E-state index contributed by atoms with van der Waals surface area (Å²) in [5, 5.41) is 13.7. The molecule has 24 heavy (non-hydrogen) atoms. The lowest BCUT2D eigenvalue weighted by atomic mass is 10.0. The smallest absolute Gasteiger partial charge is 0.271 e. The molecule has 1 aliphatic heterocycles. The first-order chi connectivity index (χ1) is 11.5. The van der Waals surface area contributed by atoms with Gasteiger partial charge >= 0.3 is 0 Å². The Balaban J connectivity index is 1.66. The minimum Gasteiger partial charge on any atom is -0.350 e. The van der Waals surface area contributed by atoms with E-state index in [9.17, 15) is 9.59 Å². The van der Waals surface area contributed by atoms with Gasteiger partial charge in [-0.1, -0.05) is 0 Å². The normalized spacial score (nSPS) is 17.8. The summed E-state index contributed by atoms with van der Waals surface area (Å²) in [6, 6.07) is 5.13. The van der Waals surface area contributed by atoms with Crippen LogP contribution in [0.25, 0.3) is 0 Å². The molecule has 0 aromatic carbocycles. The number of piperidine rings is 1. The molecule has 1 amide bonds. The van der Waals surface area contributed by atoms with Crippen molar-refractivity contribution in [2.45, 2.75) is 32.2 Å². The zero-order valence-electron chi connectivity index (χ0n) is 14.0. The van der Waals surface area contributed by atoms with Gasteiger partial charge in [0.05, 0.1) is 0 Å². The molecule has 0 saturated carbocycles. The Morgan fingerprint density at radius 2 is 2.25 bits per heavy atom. The summed E-state index contributed by atoms with van der Waals surface area (Å²) in [6.45, 7) is 3.30. The van der Waals surface area contributed by atoms with Crippen LogP contribution in [0.15, 0.2) is 23.0 Å². The highest BCUT2D eigenvalue weighted by atomic mass is 16.2. The predicted molar refractivity (Wildman–Crippen MR) is 90.1 cm³/mol. The van der Waals surface area contributed by atoms with Crippen LogP contribution in [-0.4, -0.2) is 45.0 Å². The van der Waals surface area contributed by atoms with Crippen molar-refractivity contribution in [3.63, 3.8) is 0 Å². The van der Waals surface area contributed by atoms with Crippen molar-refractivity contribution in [1.82, 2.24) is 25.3 Å². The summed E-state index contributed by atoms with van der Waals surface area (Å²) in [5.41, 5.74) is 1.16. The van der Waals surface area contributed by atoms with Crippen LogP contribution in [-0.2, 0) is 7.05 Å². The Morgan fingerprint density at radius 1 is 1.42 bits per heavy atom. The van der Waals surface area contributed by atoms with Crippen LogP contribution >= 0.6 is 0 Å². The molecule has 128 valence electrons. The summed E-state index contributed by atoms with van der Waals surface area (Å²) < 4.78 is 1.69. The van der Waals surface area contributed by atoms with E-state index in [1.165, 1.54) is 6.07 Å². The van der Waals surface area contributed by atoms with Gasteiger partial charge in [0.25, 0.3) is 11.5 Å². The standard InChI is InChI=1S/C16H22N6O2/c1-11-9-13(20-21(11)2)16(24)17-10-12-5-3-4-8-22(12)14-6-7-15(23)19-18-14/h6-7,9,12H,3-5,8,10H2,1-2H3,(H,17,24)(H,19,23). The number of nitrogens with zero attached hydrogens (tertiary/aromatic N) is 4. The third kappa shape index (κ3) is 3.47. The van der Waals surface area contributed by atoms with Gasteiger partial charge in [-0.15, -0.1) is 0 Å². The molecule has 0 bridgehead atoms. The molecular weight excluding hydrogens is 308 g/mol. The fraction of sp³-hybridized carbons (Fsp3) is 0.500. The first-order valence-electron chi connectivity index (χ1n) is 8.16. The van der Waals surface area contributed by atoms with E-state index in [-0.39, 0.29) is 17.5 Å². The largest absolute Gasteiger partial charge is 0.350 e. The van der Waals surface area contributed by atoms with Crippen molar-refractivity contribution >= 4 is 11.7 Å². The van der Waals surface area contributed by atoms with Gasteiger partial charge < -0.3 is 10.2 Å². The molecule has 3 rings (SSSR count). The highest BCUT2D eigenvalue weighted by Crippen LogP contribution is 2.21. The number of amides is 1. The number of hydrogen-bond donors (Lipinski definition) is 2. The maximum atomic E-state index is 12.3. The summed E-state index contributed by atoms with van der Waals surface area (Å²) in [5.74, 6) is 0.570. The molecule has 0 aliphatic carbocycles. The van der Waals surface area contributed by atoms with Gasteiger partial charge in [-0.2, -0.15) is 10.2 Å². The van der Waals surface area contributed by atoms with Crippen molar-refractivity contribution in [1.29, 1.82) is 0 Å². The van der Waals surface area contributed by atoms with Crippen molar-refractivity contribution in [3.05, 3.63) is 39.9 Å². The molecule has 0 radical (unpaired) electrons. The van der Waals surface area contributed by atoms with Crippen LogP contribution in [0.1, 0.15) is 35.4 Å². The van der Waals surface area contributed by atoms with Crippen LogP contribution in [0.4, 0.5) is 5.82 Å². The Morgan fingerprint density at radius 3 is 2.92 bits per heavy atom. The fourth-order valence-electron chi connectivity index (χ4n) is 2.98. The number of carbonyl (C=O) groups excluding carboxylic acids is 1. The third-order valence-electron chi connectivity index (χ3n) is 4.43. The quantitative estimate of drug-likeness (QED) is 0.856. The second kappa shape index (κ2) is 6.86. The summed E-state index contributed by atoms with van der Waals surface area (Å²) >= 11 is 0. The maximum Gasteiger partial charge on any atom is 0.271 e. The van der Waals surface area contributed by atoms with Crippen LogP contribution in [0, 0.1) is 6.92 Å². The monoisotopic (exact) mass is 330 g/mol. The minimum absolute atomic E-state index is 0.158. The number of anilines is 1. The zero-order chi connectivity index (χ0) is 17.1. The van der Waals surface area contributed by atoms with Gasteiger partial charge in [0.2, 0.25) is 0 Å². The summed E-state index contributed by atoms with van der Waals surface area (Å²) in [6.07, 6.45) is 3.16. The first-order valence-corrected chi connectivity index (χ1v) is 8.16. The zero-order valence-corrected chi connectivity index (χ0v) is 14.0. The van der Waals surface area contributed by atoms with Crippen LogP contribution in [0.5, 0.6) is 0 Å². The van der Waals surface area contributed by atoms with Crippen LogP contribution < -0.4 is 15.8 Å². The van der Waals surface area contributed by atoms with Gasteiger partial charge in [-0.25, -0.2) is 5.10 Å². The number of hydrogen-bond acceptors (Lipinski definition) is 5. The van der Waals surface area contributed by atoms with Crippen molar-refractivity contribution in [3.8, 4) is 0 Å². The molecule has 0 spiro atoms. The average Bonchev–Trinajstić information content (AvgIpc) is 2.93. The van der Waals surface area contributed by atoms with Gasteiger partial charge in [0.15, 0.2) is 0 Å². The third-order valence-corrected chi connectivity index (χ3v) is 4.43. The lowest BCUT2D eigenvalue weighted by molar-refractivity contribution is 0.0944. The summed E-state index contributed by atoms with van der Waals surface area (Å²) in [4.78, 5) is 25.6. The van der Waals surface area contributed by atoms with E-state index >= 15 is 0 Å². The van der Waals surface area contributed by atoms with Gasteiger partial charge in [-0.05, 0) is 38.3 Å². The van der Waals surface area contributed by atoms with Gasteiger partial charge in [0.1, 0.15) is 11.5 Å². The lowest BCUT2D eigenvalue weighted by Crippen LogP contribution is -2.47. The number of aryl methyl sites for hydroxylation is 2. The van der Waals surface area contributed by atoms with Crippen molar-refractivity contribution < 1.29 is 4.79 Å². The van der Waals surface area contributed by atoms with Crippen molar-refractivity contribution in [2.24, 2.45) is 7.05 Å². The Kier molecular flexibility index (Phi) is 4.64. The molecular formula is C16H22N6O2. The predicted octanol–water partition coefficient (Wildman–Crippen LogP) is 0.601. The molecule has 1 saturated heterocycles. The SMILES string of the molecule is Cc1cc(C(=O)NCC2CCCCN2c2ccc(=O)[nH]n2)nn1C. The first kappa shape index (κ1) is 16.2. The van der Waals surface area contributed by atoms with E-state index in [1.54, 1.807) is 16.8 Å². The number of rotatable bonds is 4. The van der Waals surface area contributed by atoms with E-state index in [1.807, 2.05) is 14.0 Å². The molecule has 2 aromatic rings. The van der Waals surface area contributed by atoms with Crippen molar-refractivity contribution in [2.75, 3.05) is 18.0 Å².